The van der Waals surface area contributed by atoms with Crippen molar-refractivity contribution in [3.05, 3.63) is 17.5 Å². The fourth-order valence-corrected chi connectivity index (χ4v) is 3.68. The fraction of sp³-hybridized carbons (Fsp3) is 0.643. The number of amides is 3. The van der Waals surface area contributed by atoms with Gasteiger partial charge in [0.15, 0.2) is 12.4 Å². The lowest BCUT2D eigenvalue weighted by molar-refractivity contribution is -0.0782. The molecule has 1 aromatic rings. The largest absolute Gasteiger partial charge is 0.441 e. The molecule has 2 aliphatic heterocycles. The third kappa shape index (κ3) is 2.14. The summed E-state index contributed by atoms with van der Waals surface area (Å²) in [6, 6.07) is 0.997. The van der Waals surface area contributed by atoms with E-state index in [2.05, 4.69) is 10.5 Å². The molecule has 9 heteroatoms. The summed E-state index contributed by atoms with van der Waals surface area (Å²) in [7, 11) is 1.47. The molecule has 0 radical (unpaired) electrons. The second-order valence-electron chi connectivity index (χ2n) is 6.42. The van der Waals surface area contributed by atoms with Crippen LogP contribution in [-0.4, -0.2) is 52.1 Å². The van der Waals surface area contributed by atoms with Gasteiger partial charge in [0.05, 0.1) is 12.1 Å². The highest BCUT2D eigenvalue weighted by Crippen LogP contribution is 2.61. The Kier molecular flexibility index (Phi) is 3.02. The lowest BCUT2D eigenvalue weighted by atomic mass is 9.84. The normalized spacial score (nSPS) is 27.5. The number of carbonyl (C=O) groups is 2. The van der Waals surface area contributed by atoms with E-state index in [0.717, 1.165) is 24.3 Å². The fourth-order valence-electron chi connectivity index (χ4n) is 3.68. The number of aromatic nitrogens is 1. The molecule has 1 saturated carbocycles. The van der Waals surface area contributed by atoms with Gasteiger partial charge < -0.3 is 19.5 Å². The van der Waals surface area contributed by atoms with Gasteiger partial charge in [0, 0.05) is 19.7 Å². The molecule has 3 aliphatic rings. The van der Waals surface area contributed by atoms with Gasteiger partial charge >= 0.3 is 12.1 Å². The number of hydrogen-bond donors (Lipinski definition) is 2. The number of fused-ring (bicyclic) bond motifs is 3. The van der Waals surface area contributed by atoms with E-state index in [0.29, 0.717) is 18.0 Å². The number of urea groups is 1. The van der Waals surface area contributed by atoms with Crippen LogP contribution in [0.3, 0.4) is 0 Å². The molecule has 2 saturated heterocycles. The Morgan fingerprint density at radius 2 is 2.39 bits per heavy atom. The SMILES string of the molecule is CNC(=O)OCc1cc([C@@H]2CC3(CC3)[C@@H]3CN2C(=O)N3O)no1. The van der Waals surface area contributed by atoms with Crippen molar-refractivity contribution in [1.82, 2.24) is 20.4 Å². The van der Waals surface area contributed by atoms with Gasteiger partial charge in [-0.15, -0.1) is 0 Å². The number of hydrogen-bond acceptors (Lipinski definition) is 6. The number of alkyl carbamates (subject to hydrolysis) is 1. The topological polar surface area (TPSA) is 108 Å². The molecule has 1 aliphatic carbocycles. The molecule has 3 heterocycles. The molecule has 4 rings (SSSR count). The molecule has 2 atom stereocenters. The number of nitrogens with one attached hydrogen (secondary N) is 1. The van der Waals surface area contributed by atoms with Crippen molar-refractivity contribution < 1.29 is 24.1 Å². The highest BCUT2D eigenvalue weighted by molar-refractivity contribution is 5.77. The van der Waals surface area contributed by atoms with Crippen LogP contribution in [-0.2, 0) is 11.3 Å². The molecule has 3 fully saturated rings. The number of hydroxylamine groups is 2. The van der Waals surface area contributed by atoms with Crippen LogP contribution in [0.15, 0.2) is 10.6 Å². The molecule has 1 spiro atoms. The van der Waals surface area contributed by atoms with Crippen LogP contribution in [0.25, 0.3) is 0 Å². The minimum Gasteiger partial charge on any atom is -0.441 e. The second kappa shape index (κ2) is 4.85. The number of rotatable bonds is 3. The summed E-state index contributed by atoms with van der Waals surface area (Å²) in [5.74, 6) is 0.420. The summed E-state index contributed by atoms with van der Waals surface area (Å²) < 4.78 is 10.1. The molecule has 2 N–H and O–H groups in total. The van der Waals surface area contributed by atoms with Crippen LogP contribution >= 0.6 is 0 Å². The molecule has 124 valence electrons. The van der Waals surface area contributed by atoms with Crippen molar-refractivity contribution in [2.75, 3.05) is 13.6 Å². The Morgan fingerprint density at radius 1 is 1.61 bits per heavy atom. The summed E-state index contributed by atoms with van der Waals surface area (Å²) in [5.41, 5.74) is 0.633. The molecule has 3 amide bonds. The Balaban J connectivity index is 1.53. The number of piperidine rings is 1. The first-order valence-corrected chi connectivity index (χ1v) is 7.63. The summed E-state index contributed by atoms with van der Waals surface area (Å²) in [6.45, 7) is 0.490. The number of nitrogens with zero attached hydrogens (tertiary/aromatic N) is 3. The van der Waals surface area contributed by atoms with Crippen LogP contribution < -0.4 is 5.32 Å². The van der Waals surface area contributed by atoms with Crippen molar-refractivity contribution in [3.8, 4) is 0 Å². The third-order valence-corrected chi connectivity index (χ3v) is 5.15. The van der Waals surface area contributed by atoms with E-state index >= 15 is 0 Å². The summed E-state index contributed by atoms with van der Waals surface area (Å²) in [4.78, 5) is 24.9. The Labute approximate surface area is 132 Å². The first-order chi connectivity index (χ1) is 11.0. The van der Waals surface area contributed by atoms with Crippen molar-refractivity contribution in [1.29, 1.82) is 0 Å². The van der Waals surface area contributed by atoms with Gasteiger partial charge in [-0.3, -0.25) is 5.21 Å². The van der Waals surface area contributed by atoms with E-state index in [1.165, 1.54) is 7.05 Å². The summed E-state index contributed by atoms with van der Waals surface area (Å²) in [5, 5.41) is 17.3. The van der Waals surface area contributed by atoms with E-state index in [9.17, 15) is 14.8 Å². The van der Waals surface area contributed by atoms with E-state index in [-0.39, 0.29) is 30.1 Å². The third-order valence-electron chi connectivity index (χ3n) is 5.15. The maximum atomic E-state index is 12.2. The number of ether oxygens (including phenoxy) is 1. The van der Waals surface area contributed by atoms with Gasteiger partial charge in [0.25, 0.3) is 0 Å². The van der Waals surface area contributed by atoms with Crippen molar-refractivity contribution in [2.24, 2.45) is 5.41 Å². The van der Waals surface area contributed by atoms with Gasteiger partial charge in [0.1, 0.15) is 5.69 Å². The van der Waals surface area contributed by atoms with Gasteiger partial charge in [-0.1, -0.05) is 5.16 Å². The first-order valence-electron chi connectivity index (χ1n) is 7.63. The van der Waals surface area contributed by atoms with Crippen LogP contribution in [0.5, 0.6) is 0 Å². The Hall–Kier alpha value is -2.29. The van der Waals surface area contributed by atoms with Gasteiger partial charge in [0.2, 0.25) is 0 Å². The van der Waals surface area contributed by atoms with Crippen LogP contribution in [0.1, 0.15) is 36.8 Å². The summed E-state index contributed by atoms with van der Waals surface area (Å²) >= 11 is 0. The Bertz CT molecular complexity index is 655. The molecule has 2 bridgehead atoms. The predicted octanol–water partition coefficient (Wildman–Crippen LogP) is 1.25. The van der Waals surface area contributed by atoms with Crippen LogP contribution in [0.2, 0.25) is 0 Å². The second-order valence-corrected chi connectivity index (χ2v) is 6.42. The van der Waals surface area contributed by atoms with Crippen molar-refractivity contribution >= 4 is 12.1 Å². The van der Waals surface area contributed by atoms with E-state index in [4.69, 9.17) is 9.26 Å². The standard InChI is InChI=1S/C14H18N4O5/c1-15-12(19)22-7-8-4-9(16-23-8)10-5-14(2-3-14)11-6-17(10)13(20)18(11)21/h4,10-11,21H,2-3,5-7H2,1H3,(H,15,19)/t10-,11-/m0/s1. The van der Waals surface area contributed by atoms with E-state index < -0.39 is 6.09 Å². The summed E-state index contributed by atoms with van der Waals surface area (Å²) in [6.07, 6.45) is 2.24. The van der Waals surface area contributed by atoms with E-state index in [1.807, 2.05) is 0 Å². The van der Waals surface area contributed by atoms with Gasteiger partial charge in [-0.05, 0) is 24.7 Å². The lowest BCUT2D eigenvalue weighted by Crippen LogP contribution is -2.41. The minimum atomic E-state index is -0.550. The predicted molar refractivity (Wildman–Crippen MR) is 74.3 cm³/mol. The molecular weight excluding hydrogens is 304 g/mol. The molecule has 9 nitrogen and oxygen atoms in total. The highest BCUT2D eigenvalue weighted by atomic mass is 16.6. The molecule has 0 unspecified atom stereocenters. The zero-order valence-electron chi connectivity index (χ0n) is 12.7. The maximum absolute atomic E-state index is 12.2. The minimum absolute atomic E-state index is 0.000212. The quantitative estimate of drug-likeness (QED) is 0.811. The molecule has 23 heavy (non-hydrogen) atoms. The van der Waals surface area contributed by atoms with Crippen LogP contribution in [0, 0.1) is 5.41 Å². The smallest absolute Gasteiger partial charge is 0.407 e. The highest BCUT2D eigenvalue weighted by Gasteiger charge is 2.63. The maximum Gasteiger partial charge on any atom is 0.407 e. The first kappa shape index (κ1) is 14.3. The number of carbonyl (C=O) groups excluding carboxylic acids is 2. The molecular formula is C14H18N4O5. The van der Waals surface area contributed by atoms with Crippen LogP contribution in [0.4, 0.5) is 9.59 Å². The molecule has 1 aromatic heterocycles. The van der Waals surface area contributed by atoms with Crippen molar-refractivity contribution in [2.45, 2.75) is 38.0 Å². The van der Waals surface area contributed by atoms with E-state index in [1.54, 1.807) is 11.0 Å². The molecule has 0 aromatic carbocycles. The zero-order valence-corrected chi connectivity index (χ0v) is 12.7. The lowest BCUT2D eigenvalue weighted by Gasteiger charge is -2.35. The monoisotopic (exact) mass is 322 g/mol. The zero-order chi connectivity index (χ0) is 16.2. The van der Waals surface area contributed by atoms with Gasteiger partial charge in [-0.25, -0.2) is 14.7 Å². The average Bonchev–Trinajstić information content (AvgIpc) is 3.06. The van der Waals surface area contributed by atoms with Gasteiger partial charge in [-0.2, -0.15) is 0 Å². The average molecular weight is 322 g/mol. The Morgan fingerprint density at radius 3 is 3.09 bits per heavy atom. The van der Waals surface area contributed by atoms with Crippen molar-refractivity contribution in [3.63, 3.8) is 0 Å².